The van der Waals surface area contributed by atoms with Crippen molar-refractivity contribution in [1.29, 1.82) is 0 Å². The summed E-state index contributed by atoms with van der Waals surface area (Å²) in [7, 11) is 0. The minimum Gasteiger partial charge on any atom is -0.591 e. The number of hydrogen-bond acceptors (Lipinski definition) is 4. The molecule has 2 heterocycles. The van der Waals surface area contributed by atoms with Crippen LogP contribution in [0, 0.1) is 0 Å². The summed E-state index contributed by atoms with van der Waals surface area (Å²) < 4.78 is 29.6. The van der Waals surface area contributed by atoms with Crippen molar-refractivity contribution in [3.63, 3.8) is 0 Å². The zero-order valence-electron chi connectivity index (χ0n) is 13.7. The molecule has 1 aromatic rings. The molecule has 2 atom stereocenters. The van der Waals surface area contributed by atoms with Gasteiger partial charge in [0.1, 0.15) is 33.2 Å². The van der Waals surface area contributed by atoms with Crippen LogP contribution in [0.5, 0.6) is 5.75 Å². The van der Waals surface area contributed by atoms with E-state index in [4.69, 9.17) is 9.47 Å². The van der Waals surface area contributed by atoms with Crippen molar-refractivity contribution < 1.29 is 14.0 Å². The van der Waals surface area contributed by atoms with E-state index >= 15 is 0 Å². The van der Waals surface area contributed by atoms with Crippen LogP contribution in [0.4, 0.5) is 0 Å². The van der Waals surface area contributed by atoms with E-state index in [1.165, 1.54) is 0 Å². The van der Waals surface area contributed by atoms with Crippen LogP contribution in [0.25, 0.3) is 0 Å². The Labute approximate surface area is 149 Å². The summed E-state index contributed by atoms with van der Waals surface area (Å²) in [4.78, 5) is 0. The number of hydrogen-bond donors (Lipinski definition) is 0. The molecule has 2 aliphatic heterocycles. The molecule has 2 unspecified atom stereocenters. The van der Waals surface area contributed by atoms with E-state index in [9.17, 15) is 4.55 Å². The predicted molar refractivity (Wildman–Crippen MR) is 96.6 cm³/mol. The summed E-state index contributed by atoms with van der Waals surface area (Å²) in [5.41, 5.74) is 1.40. The first-order valence-electron chi connectivity index (χ1n) is 7.85. The molecule has 3 rings (SSSR count). The Hall–Kier alpha value is -0.560. The topological polar surface area (TPSA) is 53.9 Å². The first-order chi connectivity index (χ1) is 10.8. The van der Waals surface area contributed by atoms with Gasteiger partial charge in [-0.15, -0.1) is 0 Å². The van der Waals surface area contributed by atoms with E-state index in [1.54, 1.807) is 0 Å². The third kappa shape index (κ3) is 3.76. The van der Waals surface area contributed by atoms with Gasteiger partial charge in [-0.05, 0) is 51.8 Å². The lowest BCUT2D eigenvalue weighted by Gasteiger charge is -2.41. The Morgan fingerprint density at radius 1 is 1.35 bits per heavy atom. The zero-order valence-corrected chi connectivity index (χ0v) is 16.1. The van der Waals surface area contributed by atoms with Crippen LogP contribution in [-0.4, -0.2) is 33.8 Å². The highest BCUT2D eigenvalue weighted by Crippen LogP contribution is 2.40. The van der Waals surface area contributed by atoms with Crippen LogP contribution in [0.3, 0.4) is 0 Å². The van der Waals surface area contributed by atoms with Crippen molar-refractivity contribution in [3.8, 4) is 5.75 Å². The highest BCUT2D eigenvalue weighted by molar-refractivity contribution is 9.10. The van der Waals surface area contributed by atoms with Gasteiger partial charge in [-0.1, -0.05) is 20.3 Å². The average molecular weight is 400 g/mol. The lowest BCUT2D eigenvalue weighted by molar-refractivity contribution is -0.0661. The van der Waals surface area contributed by atoms with Crippen molar-refractivity contribution >= 4 is 33.0 Å². The first-order valence-corrected chi connectivity index (χ1v) is 9.75. The van der Waals surface area contributed by atoms with Crippen molar-refractivity contribution in [2.24, 2.45) is 4.40 Å². The van der Waals surface area contributed by atoms with Crippen molar-refractivity contribution in [2.45, 2.75) is 50.4 Å². The van der Waals surface area contributed by atoms with E-state index in [0.29, 0.717) is 13.0 Å². The smallest absolute Gasteiger partial charge is 0.144 e. The summed E-state index contributed by atoms with van der Waals surface area (Å²) in [6.45, 7) is 7.15. The number of halogens is 1. The molecule has 6 heteroatoms. The van der Waals surface area contributed by atoms with E-state index in [1.807, 2.05) is 39.0 Å². The van der Waals surface area contributed by atoms with Gasteiger partial charge in [0.05, 0.1) is 6.61 Å². The SMILES string of the molecule is CC(C)(C)[S+]([O-])/N=C1\CC2(CCCOC2)Oc2ccc(Br)cc21. The Morgan fingerprint density at radius 2 is 2.13 bits per heavy atom. The average Bonchev–Trinajstić information content (AvgIpc) is 2.48. The van der Waals surface area contributed by atoms with Crippen molar-refractivity contribution in [2.75, 3.05) is 13.2 Å². The zero-order chi connectivity index (χ0) is 16.7. The molecule has 0 amide bonds. The lowest BCUT2D eigenvalue weighted by Crippen LogP contribution is -2.49. The van der Waals surface area contributed by atoms with Gasteiger partial charge in [0.15, 0.2) is 0 Å². The molecule has 1 fully saturated rings. The second-order valence-electron chi connectivity index (χ2n) is 7.16. The van der Waals surface area contributed by atoms with Gasteiger partial charge < -0.3 is 14.0 Å². The fraction of sp³-hybridized carbons (Fsp3) is 0.588. The molecule has 2 aliphatic rings. The number of ether oxygens (including phenoxy) is 2. The van der Waals surface area contributed by atoms with E-state index in [2.05, 4.69) is 20.3 Å². The molecule has 0 bridgehead atoms. The third-order valence-electron chi connectivity index (χ3n) is 4.07. The summed E-state index contributed by atoms with van der Waals surface area (Å²) in [5.74, 6) is 0.801. The van der Waals surface area contributed by atoms with Crippen molar-refractivity contribution in [3.05, 3.63) is 28.2 Å². The quantitative estimate of drug-likeness (QED) is 0.669. The summed E-state index contributed by atoms with van der Waals surface area (Å²) in [5, 5.41) is 0. The van der Waals surface area contributed by atoms with Crippen LogP contribution < -0.4 is 4.74 Å². The molecule has 0 radical (unpaired) electrons. The molecular formula is C17H22BrNO3S. The van der Waals surface area contributed by atoms with E-state index < -0.39 is 11.4 Å². The number of rotatable bonds is 1. The standard InChI is InChI=1S/C17H22BrNO3S/c1-16(2,3)23(20)19-14-10-17(7-4-8-21-11-17)22-15-6-5-12(18)9-13(14)15/h5-6,9H,4,7-8,10-11H2,1-3H3/b19-14+. The molecular weight excluding hydrogens is 378 g/mol. The number of fused-ring (bicyclic) bond motifs is 1. The molecule has 0 aliphatic carbocycles. The van der Waals surface area contributed by atoms with Gasteiger partial charge in [-0.25, -0.2) is 0 Å². The number of nitrogens with zero attached hydrogens (tertiary/aromatic N) is 1. The summed E-state index contributed by atoms with van der Waals surface area (Å²) >= 11 is 2.21. The maximum Gasteiger partial charge on any atom is 0.144 e. The first kappa shape index (κ1) is 17.3. The maximum atomic E-state index is 12.5. The van der Waals surface area contributed by atoms with Gasteiger partial charge in [0.2, 0.25) is 0 Å². The normalized spacial score (nSPS) is 27.6. The Balaban J connectivity index is 2.02. The molecule has 0 aromatic heterocycles. The molecule has 4 nitrogen and oxygen atoms in total. The molecule has 0 saturated carbocycles. The summed E-state index contributed by atoms with van der Waals surface area (Å²) in [6, 6.07) is 5.90. The van der Waals surface area contributed by atoms with Gasteiger partial charge in [0, 0.05) is 23.1 Å². The van der Waals surface area contributed by atoms with E-state index in [0.717, 1.165) is 40.9 Å². The monoisotopic (exact) mass is 399 g/mol. The predicted octanol–water partition coefficient (Wildman–Crippen LogP) is 4.03. The van der Waals surface area contributed by atoms with Gasteiger partial charge in [0.25, 0.3) is 0 Å². The van der Waals surface area contributed by atoms with Crippen LogP contribution in [-0.2, 0) is 16.1 Å². The van der Waals surface area contributed by atoms with Gasteiger partial charge in [-0.3, -0.25) is 0 Å². The second-order valence-corrected chi connectivity index (χ2v) is 9.98. The highest BCUT2D eigenvalue weighted by Gasteiger charge is 2.42. The summed E-state index contributed by atoms with van der Waals surface area (Å²) in [6.07, 6.45) is 2.55. The van der Waals surface area contributed by atoms with Crippen LogP contribution in [0.15, 0.2) is 27.1 Å². The Bertz CT molecular complexity index is 621. The fourth-order valence-electron chi connectivity index (χ4n) is 2.85. The molecule has 0 N–H and O–H groups in total. The molecule has 126 valence electrons. The van der Waals surface area contributed by atoms with E-state index in [-0.39, 0.29) is 10.3 Å². The number of benzene rings is 1. The Kier molecular flexibility index (Phi) is 4.80. The molecule has 1 saturated heterocycles. The largest absolute Gasteiger partial charge is 0.591 e. The molecule has 23 heavy (non-hydrogen) atoms. The van der Waals surface area contributed by atoms with Crippen molar-refractivity contribution in [1.82, 2.24) is 0 Å². The second kappa shape index (κ2) is 6.39. The van der Waals surface area contributed by atoms with Gasteiger partial charge >= 0.3 is 0 Å². The molecule has 1 aromatic carbocycles. The van der Waals surface area contributed by atoms with Crippen LogP contribution >= 0.6 is 15.9 Å². The van der Waals surface area contributed by atoms with Crippen LogP contribution in [0.1, 0.15) is 45.6 Å². The van der Waals surface area contributed by atoms with Crippen LogP contribution in [0.2, 0.25) is 0 Å². The third-order valence-corrected chi connectivity index (χ3v) is 6.00. The maximum absolute atomic E-state index is 12.5. The Morgan fingerprint density at radius 3 is 2.78 bits per heavy atom. The highest BCUT2D eigenvalue weighted by atomic mass is 79.9. The minimum atomic E-state index is -1.29. The van der Waals surface area contributed by atoms with Gasteiger partial charge in [-0.2, -0.15) is 0 Å². The minimum absolute atomic E-state index is 0.375. The fourth-order valence-corrected chi connectivity index (χ4v) is 3.85. The molecule has 1 spiro atoms. The lowest BCUT2D eigenvalue weighted by atomic mass is 9.85.